The van der Waals surface area contributed by atoms with Crippen LogP contribution in [-0.2, 0) is 14.9 Å². The Morgan fingerprint density at radius 1 is 1.47 bits per heavy atom. The van der Waals surface area contributed by atoms with Crippen LogP contribution in [0.15, 0.2) is 0 Å². The topological polar surface area (TPSA) is 78.9 Å². The molecule has 1 fully saturated rings. The van der Waals surface area contributed by atoms with Gasteiger partial charge in [-0.1, -0.05) is 6.42 Å². The molecule has 1 rings (SSSR count). The normalized spacial score (nSPS) is 25.2. The van der Waals surface area contributed by atoms with Gasteiger partial charge >= 0.3 is 0 Å². The third-order valence-corrected chi connectivity index (χ3v) is 5.20. The second kappa shape index (κ2) is 6.99. The quantitative estimate of drug-likeness (QED) is 0.716. The molecule has 1 aliphatic rings. The number of rotatable bonds is 7. The molecule has 114 valence electrons. The van der Waals surface area contributed by atoms with Gasteiger partial charge in [0.15, 0.2) is 0 Å². The zero-order valence-electron chi connectivity index (χ0n) is 12.1. The van der Waals surface area contributed by atoms with Crippen LogP contribution < -0.4 is 4.72 Å². The van der Waals surface area contributed by atoms with Gasteiger partial charge in [0, 0.05) is 39.3 Å². The van der Waals surface area contributed by atoms with Crippen molar-refractivity contribution in [2.24, 2.45) is 0 Å². The molecule has 0 radical (unpaired) electrons. The molecule has 1 aliphatic heterocycles. The van der Waals surface area contributed by atoms with Gasteiger partial charge in [-0.2, -0.15) is 17.4 Å². The highest BCUT2D eigenvalue weighted by molar-refractivity contribution is 7.87. The lowest BCUT2D eigenvalue weighted by Gasteiger charge is -2.33. The maximum absolute atomic E-state index is 12.2. The first kappa shape index (κ1) is 16.8. The molecule has 6 nitrogen and oxygen atoms in total. The highest BCUT2D eigenvalue weighted by Crippen LogP contribution is 2.19. The van der Waals surface area contributed by atoms with Crippen LogP contribution in [0.4, 0.5) is 0 Å². The maximum atomic E-state index is 12.2. The van der Waals surface area contributed by atoms with Gasteiger partial charge in [0.1, 0.15) is 0 Å². The Kier molecular flexibility index (Phi) is 6.19. The van der Waals surface area contributed by atoms with E-state index >= 15 is 0 Å². The number of ether oxygens (including phenoxy) is 1. The molecule has 0 aromatic heterocycles. The van der Waals surface area contributed by atoms with Crippen LogP contribution in [0.5, 0.6) is 0 Å². The number of piperidine rings is 1. The van der Waals surface area contributed by atoms with E-state index in [4.69, 9.17) is 4.74 Å². The summed E-state index contributed by atoms with van der Waals surface area (Å²) < 4.78 is 33.3. The predicted molar refractivity (Wildman–Crippen MR) is 74.1 cm³/mol. The van der Waals surface area contributed by atoms with Gasteiger partial charge in [0.05, 0.1) is 5.60 Å². The van der Waals surface area contributed by atoms with E-state index in [2.05, 4.69) is 4.72 Å². The van der Waals surface area contributed by atoms with E-state index in [0.717, 1.165) is 19.3 Å². The van der Waals surface area contributed by atoms with E-state index in [-0.39, 0.29) is 12.6 Å². The monoisotopic (exact) mass is 294 g/mol. The van der Waals surface area contributed by atoms with Gasteiger partial charge < -0.3 is 9.84 Å². The van der Waals surface area contributed by atoms with Crippen LogP contribution in [0.2, 0.25) is 0 Å². The standard InChI is InChI=1S/C12H26N2O4S/c1-11-6-4-5-8-14(11)19(16,17)13-10-12(2,15)7-9-18-3/h11,13,15H,4-10H2,1-3H3. The molecular weight excluding hydrogens is 268 g/mol. The number of nitrogens with one attached hydrogen (secondary N) is 1. The average Bonchev–Trinajstić information content (AvgIpc) is 2.35. The minimum Gasteiger partial charge on any atom is -0.389 e. The van der Waals surface area contributed by atoms with Crippen molar-refractivity contribution < 1.29 is 18.3 Å². The van der Waals surface area contributed by atoms with Gasteiger partial charge in [-0.3, -0.25) is 0 Å². The van der Waals surface area contributed by atoms with Crippen LogP contribution >= 0.6 is 0 Å². The molecule has 0 aromatic carbocycles. The fourth-order valence-electron chi connectivity index (χ4n) is 2.17. The van der Waals surface area contributed by atoms with Gasteiger partial charge in [-0.05, 0) is 26.7 Å². The number of hydrogen-bond acceptors (Lipinski definition) is 4. The summed E-state index contributed by atoms with van der Waals surface area (Å²) in [4.78, 5) is 0. The Balaban J connectivity index is 2.54. The first-order valence-electron chi connectivity index (χ1n) is 6.76. The molecular formula is C12H26N2O4S. The van der Waals surface area contributed by atoms with Gasteiger partial charge in [-0.25, -0.2) is 0 Å². The summed E-state index contributed by atoms with van der Waals surface area (Å²) in [6.45, 7) is 4.48. The van der Waals surface area contributed by atoms with E-state index in [1.54, 1.807) is 14.0 Å². The van der Waals surface area contributed by atoms with E-state index in [9.17, 15) is 13.5 Å². The largest absolute Gasteiger partial charge is 0.389 e. The zero-order valence-corrected chi connectivity index (χ0v) is 12.9. The molecule has 0 amide bonds. The fourth-order valence-corrected chi connectivity index (χ4v) is 3.78. The van der Waals surface area contributed by atoms with Crippen molar-refractivity contribution in [3.05, 3.63) is 0 Å². The summed E-state index contributed by atoms with van der Waals surface area (Å²) in [6, 6.07) is 0.0233. The summed E-state index contributed by atoms with van der Waals surface area (Å²) in [5.74, 6) is 0. The van der Waals surface area contributed by atoms with Gasteiger partial charge in [-0.15, -0.1) is 0 Å². The summed E-state index contributed by atoms with van der Waals surface area (Å²) in [7, 11) is -1.96. The van der Waals surface area contributed by atoms with E-state index < -0.39 is 15.8 Å². The second-order valence-corrected chi connectivity index (χ2v) is 7.23. The molecule has 2 atom stereocenters. The Bertz CT molecular complexity index is 370. The summed E-state index contributed by atoms with van der Waals surface area (Å²) in [5, 5.41) is 10.0. The predicted octanol–water partition coefficient (Wildman–Crippen LogP) is 0.483. The SMILES string of the molecule is COCCC(C)(O)CNS(=O)(=O)N1CCCCC1C. The summed E-state index contributed by atoms with van der Waals surface area (Å²) >= 11 is 0. The lowest BCUT2D eigenvalue weighted by molar-refractivity contribution is 0.0287. The first-order valence-corrected chi connectivity index (χ1v) is 8.20. The van der Waals surface area contributed by atoms with Crippen LogP contribution in [-0.4, -0.2) is 56.3 Å². The van der Waals surface area contributed by atoms with Gasteiger partial charge in [0.2, 0.25) is 0 Å². The second-order valence-electron chi connectivity index (χ2n) is 5.52. The summed E-state index contributed by atoms with van der Waals surface area (Å²) in [6.07, 6.45) is 3.24. The summed E-state index contributed by atoms with van der Waals surface area (Å²) in [5.41, 5.74) is -1.10. The third-order valence-electron chi connectivity index (χ3n) is 3.53. The minimum atomic E-state index is -3.51. The molecule has 19 heavy (non-hydrogen) atoms. The van der Waals surface area contributed by atoms with E-state index in [0.29, 0.717) is 19.6 Å². The molecule has 0 aliphatic carbocycles. The number of methoxy groups -OCH3 is 1. The van der Waals surface area contributed by atoms with Crippen molar-refractivity contribution in [1.29, 1.82) is 0 Å². The highest BCUT2D eigenvalue weighted by Gasteiger charge is 2.31. The smallest absolute Gasteiger partial charge is 0.279 e. The van der Waals surface area contributed by atoms with Crippen molar-refractivity contribution in [2.45, 2.75) is 51.2 Å². The lowest BCUT2D eigenvalue weighted by Crippen LogP contribution is -2.51. The molecule has 0 bridgehead atoms. The zero-order chi connectivity index (χ0) is 14.5. The van der Waals surface area contributed by atoms with E-state index in [1.165, 1.54) is 4.31 Å². The minimum absolute atomic E-state index is 0.00190. The Hall–Kier alpha value is -0.210. The number of hydrogen-bond donors (Lipinski definition) is 2. The fraction of sp³-hybridized carbons (Fsp3) is 1.00. The van der Waals surface area contributed by atoms with Crippen molar-refractivity contribution >= 4 is 10.2 Å². The molecule has 1 saturated heterocycles. The van der Waals surface area contributed by atoms with E-state index in [1.807, 2.05) is 6.92 Å². The Labute approximate surface area is 116 Å². The van der Waals surface area contributed by atoms with Crippen molar-refractivity contribution in [3.63, 3.8) is 0 Å². The maximum Gasteiger partial charge on any atom is 0.279 e. The molecule has 1 heterocycles. The molecule has 0 spiro atoms. The first-order chi connectivity index (χ1) is 8.78. The molecule has 2 unspecified atom stereocenters. The molecule has 0 saturated carbocycles. The number of aliphatic hydroxyl groups is 1. The lowest BCUT2D eigenvalue weighted by atomic mass is 10.0. The Morgan fingerprint density at radius 2 is 2.16 bits per heavy atom. The van der Waals surface area contributed by atoms with Crippen LogP contribution in [0, 0.1) is 0 Å². The average molecular weight is 294 g/mol. The van der Waals surface area contributed by atoms with Gasteiger partial charge in [0.25, 0.3) is 10.2 Å². The molecule has 0 aromatic rings. The number of nitrogens with zero attached hydrogens (tertiary/aromatic N) is 1. The van der Waals surface area contributed by atoms with Crippen molar-refractivity contribution in [1.82, 2.24) is 9.03 Å². The van der Waals surface area contributed by atoms with Crippen LogP contribution in [0.1, 0.15) is 39.5 Å². The van der Waals surface area contributed by atoms with Crippen molar-refractivity contribution in [2.75, 3.05) is 26.8 Å². The molecule has 7 heteroatoms. The Morgan fingerprint density at radius 3 is 2.74 bits per heavy atom. The molecule has 2 N–H and O–H groups in total. The van der Waals surface area contributed by atoms with Crippen molar-refractivity contribution in [3.8, 4) is 0 Å². The highest BCUT2D eigenvalue weighted by atomic mass is 32.2. The van der Waals surface area contributed by atoms with Crippen LogP contribution in [0.25, 0.3) is 0 Å². The third kappa shape index (κ3) is 5.35. The van der Waals surface area contributed by atoms with Crippen LogP contribution in [0.3, 0.4) is 0 Å².